The second kappa shape index (κ2) is 23.4. The van der Waals surface area contributed by atoms with E-state index in [-0.39, 0.29) is 5.41 Å². The quantitative estimate of drug-likeness (QED) is 0.225. The van der Waals surface area contributed by atoms with E-state index in [4.69, 9.17) is 0 Å². The molecule has 8 atom stereocenters. The molecule has 0 spiro atoms. The minimum atomic E-state index is 0.196. The van der Waals surface area contributed by atoms with Crippen molar-refractivity contribution < 1.29 is 0 Å². The largest absolute Gasteiger partial charge is 0.301 e. The van der Waals surface area contributed by atoms with Crippen molar-refractivity contribution in [3.63, 3.8) is 0 Å². The van der Waals surface area contributed by atoms with E-state index < -0.39 is 0 Å². The Morgan fingerprint density at radius 3 is 1.78 bits per heavy atom. The first kappa shape index (κ1) is 54.9. The summed E-state index contributed by atoms with van der Waals surface area (Å²) in [5.74, 6) is 2.43. The van der Waals surface area contributed by atoms with Crippen LogP contribution in [0.2, 0.25) is 0 Å². The van der Waals surface area contributed by atoms with Gasteiger partial charge in [0.2, 0.25) is 0 Å². The van der Waals surface area contributed by atoms with E-state index in [0.717, 1.165) is 29.7 Å². The zero-order valence-electron chi connectivity index (χ0n) is 43.0. The predicted molar refractivity (Wildman–Crippen MR) is 271 cm³/mol. The van der Waals surface area contributed by atoms with Gasteiger partial charge < -0.3 is 4.90 Å². The summed E-state index contributed by atoms with van der Waals surface area (Å²) in [5.41, 5.74) is 9.01. The lowest BCUT2D eigenvalue weighted by Crippen LogP contribution is -2.66. The van der Waals surface area contributed by atoms with Gasteiger partial charge in [0.15, 0.2) is 0 Å². The zero-order chi connectivity index (χ0) is 45.6. The molecule has 0 heterocycles. The van der Waals surface area contributed by atoms with E-state index >= 15 is 0 Å². The van der Waals surface area contributed by atoms with Crippen LogP contribution >= 0.6 is 0 Å². The van der Waals surface area contributed by atoms with E-state index in [1.54, 1.807) is 11.6 Å². The third kappa shape index (κ3) is 10.7. The Morgan fingerprint density at radius 1 is 0.746 bits per heavy atom. The molecule has 7 unspecified atom stereocenters. The van der Waals surface area contributed by atoms with Crippen molar-refractivity contribution in [2.45, 2.75) is 208 Å². The van der Waals surface area contributed by atoms with Gasteiger partial charge in [-0.2, -0.15) is 0 Å². The number of hydrogen-bond acceptors (Lipinski definition) is 1. The van der Waals surface area contributed by atoms with Gasteiger partial charge in [-0.15, -0.1) is 19.7 Å². The Hall–Kier alpha value is -2.12. The predicted octanol–water partition coefficient (Wildman–Crippen LogP) is 18.5. The van der Waals surface area contributed by atoms with Crippen LogP contribution in [0.4, 0.5) is 0 Å². The maximum Gasteiger partial charge on any atom is 0.00387 e. The Balaban J connectivity index is 0.000000699. The molecule has 0 N–H and O–H groups in total. The molecular weight excluding hydrogens is 711 g/mol. The molecule has 0 saturated heterocycles. The smallest absolute Gasteiger partial charge is 0.00387 e. The average Bonchev–Trinajstić information content (AvgIpc) is 3.57. The fourth-order valence-electron chi connectivity index (χ4n) is 14.0. The standard InChI is InChI=1S/C38H54.C11H23N.C3H6.3C2H6/c1-10-38-21-11-20-37(38,9)36(8)24-18-31-34(6)22-16-29(28-14-12-27(13-15-28)26(2)3)33(4,5)30(34)17-23-35(31,7)32(36)19-25-38;1-6-8-12(11(4)5)9-7-10(2)3;1-3-2;3*1-2/h10,12-16,30-32H,1-2,11,17-25H2,3-9H3;11H,2,6-9H2,1,3-5H3;3H,1H2,2H3;3*1-2H3/t30?,31?,32?,34?,35?,36?,37-,38?;;;;;/m1...../s1. The summed E-state index contributed by atoms with van der Waals surface area (Å²) in [7, 11) is 0. The van der Waals surface area contributed by atoms with E-state index in [1.165, 1.54) is 100 Å². The number of benzene rings is 1. The number of allylic oxidation sites excluding steroid dienone is 5. The van der Waals surface area contributed by atoms with Crippen LogP contribution in [-0.4, -0.2) is 24.0 Å². The molecule has 0 aliphatic heterocycles. The molecule has 5 aliphatic rings. The van der Waals surface area contributed by atoms with Crippen molar-refractivity contribution >= 4 is 11.1 Å². The van der Waals surface area contributed by atoms with Crippen LogP contribution in [0.15, 0.2) is 74.4 Å². The molecule has 1 aromatic rings. The molecule has 6 rings (SSSR count). The average molecular weight is 812 g/mol. The summed E-state index contributed by atoms with van der Waals surface area (Å²) in [4.78, 5) is 2.51. The maximum absolute atomic E-state index is 4.45. The fourth-order valence-corrected chi connectivity index (χ4v) is 14.0. The Bertz CT molecular complexity index is 1490. The molecule has 1 nitrogen and oxygen atoms in total. The summed E-state index contributed by atoms with van der Waals surface area (Å²) in [5, 5.41) is 0. The SMILES string of the molecule is C=C(C)CCN(CCC)C(C)C.C=CC.C=CC12CCC[C@]1(C)C1(C)CCC3C4(C)CC=C(c5ccc(C(=C)C)cc5)C(C)(C)C4CCC3(C)C1CC2.CC.CC.CC. The van der Waals surface area contributed by atoms with Gasteiger partial charge in [0.25, 0.3) is 0 Å². The lowest BCUT2D eigenvalue weighted by molar-refractivity contribution is -0.231. The Labute approximate surface area is 371 Å². The van der Waals surface area contributed by atoms with Gasteiger partial charge in [0.05, 0.1) is 0 Å². The number of rotatable bonds is 9. The van der Waals surface area contributed by atoms with Crippen LogP contribution in [-0.2, 0) is 0 Å². The summed E-state index contributed by atoms with van der Waals surface area (Å²) in [6.07, 6.45) is 23.1. The zero-order valence-corrected chi connectivity index (χ0v) is 43.0. The van der Waals surface area contributed by atoms with Crippen LogP contribution < -0.4 is 0 Å². The highest BCUT2D eigenvalue weighted by molar-refractivity contribution is 5.73. The molecule has 59 heavy (non-hydrogen) atoms. The van der Waals surface area contributed by atoms with Gasteiger partial charge >= 0.3 is 0 Å². The lowest BCUT2D eigenvalue weighted by atomic mass is 9.31. The van der Waals surface area contributed by atoms with Crippen LogP contribution in [0, 0.1) is 50.2 Å². The normalized spacial score (nSPS) is 33.2. The van der Waals surface area contributed by atoms with E-state index in [0.29, 0.717) is 33.1 Å². The van der Waals surface area contributed by atoms with Crippen LogP contribution in [0.1, 0.15) is 213 Å². The minimum Gasteiger partial charge on any atom is -0.301 e. The number of fused-ring (bicyclic) bond motifs is 7. The van der Waals surface area contributed by atoms with Crippen molar-refractivity contribution in [1.82, 2.24) is 4.90 Å². The molecular formula is C58H101N. The molecule has 0 aromatic heterocycles. The van der Waals surface area contributed by atoms with E-state index in [9.17, 15) is 0 Å². The summed E-state index contributed by atoms with van der Waals surface area (Å²) in [6.45, 7) is 59.2. The van der Waals surface area contributed by atoms with Gasteiger partial charge in [0.1, 0.15) is 0 Å². The highest BCUT2D eigenvalue weighted by Crippen LogP contribution is 2.79. The van der Waals surface area contributed by atoms with E-state index in [1.807, 2.05) is 48.5 Å². The molecule has 0 bridgehead atoms. The molecule has 0 amide bonds. The molecule has 4 saturated carbocycles. The Kier molecular flexibility index (Phi) is 21.7. The van der Waals surface area contributed by atoms with Gasteiger partial charge in [0, 0.05) is 12.6 Å². The maximum atomic E-state index is 4.45. The number of nitrogens with zero attached hydrogens (tertiary/aromatic N) is 1. The van der Waals surface area contributed by atoms with Crippen LogP contribution in [0.5, 0.6) is 0 Å². The van der Waals surface area contributed by atoms with Crippen molar-refractivity contribution in [2.75, 3.05) is 13.1 Å². The van der Waals surface area contributed by atoms with Gasteiger partial charge in [-0.3, -0.25) is 0 Å². The molecule has 0 radical (unpaired) electrons. The monoisotopic (exact) mass is 812 g/mol. The molecule has 4 fully saturated rings. The second-order valence-corrected chi connectivity index (χ2v) is 20.4. The summed E-state index contributed by atoms with van der Waals surface area (Å²) < 4.78 is 0. The molecule has 1 aromatic carbocycles. The van der Waals surface area contributed by atoms with Gasteiger partial charge in [-0.05, 0) is 179 Å². The molecule has 5 aliphatic carbocycles. The van der Waals surface area contributed by atoms with Crippen molar-refractivity contribution in [2.24, 2.45) is 50.2 Å². The molecule has 1 heteroatoms. The van der Waals surface area contributed by atoms with Crippen molar-refractivity contribution in [3.05, 3.63) is 85.5 Å². The third-order valence-electron chi connectivity index (χ3n) is 16.9. The highest BCUT2D eigenvalue weighted by Gasteiger charge is 2.71. The topological polar surface area (TPSA) is 3.24 Å². The van der Waals surface area contributed by atoms with E-state index in [2.05, 4.69) is 144 Å². The van der Waals surface area contributed by atoms with Gasteiger partial charge in [-0.1, -0.05) is 157 Å². The first-order valence-electron chi connectivity index (χ1n) is 24.8. The first-order chi connectivity index (χ1) is 27.8. The first-order valence-corrected chi connectivity index (χ1v) is 24.8. The lowest BCUT2D eigenvalue weighted by Gasteiger charge is -2.73. The fraction of sp³-hybridized carbons (Fsp3) is 0.724. The molecule has 338 valence electrons. The van der Waals surface area contributed by atoms with Crippen molar-refractivity contribution in [1.29, 1.82) is 0 Å². The summed E-state index contributed by atoms with van der Waals surface area (Å²) in [6, 6.07) is 9.94. The second-order valence-electron chi connectivity index (χ2n) is 20.4. The van der Waals surface area contributed by atoms with Crippen LogP contribution in [0.25, 0.3) is 11.1 Å². The van der Waals surface area contributed by atoms with Crippen molar-refractivity contribution in [3.8, 4) is 0 Å². The summed E-state index contributed by atoms with van der Waals surface area (Å²) >= 11 is 0. The highest BCUT2D eigenvalue weighted by atomic mass is 15.1. The minimum absolute atomic E-state index is 0.196. The number of hydrogen-bond donors (Lipinski definition) is 0. The van der Waals surface area contributed by atoms with Crippen LogP contribution in [0.3, 0.4) is 0 Å². The third-order valence-corrected chi connectivity index (χ3v) is 16.9. The van der Waals surface area contributed by atoms with Gasteiger partial charge in [-0.25, -0.2) is 0 Å². The Morgan fingerprint density at radius 2 is 1.29 bits per heavy atom.